The molecule has 0 fully saturated rings. The van der Waals surface area contributed by atoms with Gasteiger partial charge < -0.3 is 24.8 Å². The summed E-state index contributed by atoms with van der Waals surface area (Å²) < 4.78 is 4.97. The van der Waals surface area contributed by atoms with Crippen LogP contribution in [0.25, 0.3) is 33.4 Å². The number of allylic oxidation sites excluding steroid dienone is 4. The molecule has 2 aliphatic carbocycles. The van der Waals surface area contributed by atoms with Crippen molar-refractivity contribution < 1.29 is 46.1 Å². The van der Waals surface area contributed by atoms with Gasteiger partial charge in [-0.1, -0.05) is 121 Å². The van der Waals surface area contributed by atoms with Gasteiger partial charge in [-0.2, -0.15) is 0 Å². The first-order valence-corrected chi connectivity index (χ1v) is 19.8. The van der Waals surface area contributed by atoms with Crippen molar-refractivity contribution in [2.24, 2.45) is 0 Å². The predicted octanol–water partition coefficient (Wildman–Crippen LogP) is 5.76. The first kappa shape index (κ1) is 36.0. The molecule has 0 nitrogen and oxygen atoms in total. The van der Waals surface area contributed by atoms with E-state index in [2.05, 4.69) is 174 Å². The van der Waals surface area contributed by atoms with E-state index in [1.807, 2.05) is 24.3 Å². The summed E-state index contributed by atoms with van der Waals surface area (Å²) in [4.78, 5) is 0. The van der Waals surface area contributed by atoms with Crippen molar-refractivity contribution >= 4 is 3.71 Å². The summed E-state index contributed by atoms with van der Waals surface area (Å²) in [6.45, 7) is 2.29. The molecule has 0 saturated heterocycles. The van der Waals surface area contributed by atoms with Crippen molar-refractivity contribution in [3.63, 3.8) is 0 Å². The Labute approximate surface area is 300 Å². The molecule has 0 aliphatic heterocycles. The van der Waals surface area contributed by atoms with E-state index in [0.717, 1.165) is 0 Å². The smallest absolute Gasteiger partial charge is 0.0184 e. The second kappa shape index (κ2) is 18.5. The third-order valence-electron chi connectivity index (χ3n) is 8.36. The molecule has 0 N–H and O–H groups in total. The fourth-order valence-electron chi connectivity index (χ4n) is 6.21. The molecule has 0 aromatic heterocycles. The monoisotopic (exact) mass is 726 g/mol. The minimum Gasteiger partial charge on any atom is -1.00 e. The molecule has 47 heavy (non-hydrogen) atoms. The number of rotatable bonds is 4. The largest absolute Gasteiger partial charge is 1.00 e. The molecule has 3 heteroatoms. The molecule has 0 radical (unpaired) electrons. The molecule has 6 aromatic carbocycles. The van der Waals surface area contributed by atoms with Gasteiger partial charge in [0.05, 0.1) is 0 Å². The van der Waals surface area contributed by atoms with Crippen LogP contribution >= 0.6 is 0 Å². The van der Waals surface area contributed by atoms with E-state index in [-0.39, 0.29) is 24.8 Å². The van der Waals surface area contributed by atoms with Gasteiger partial charge in [-0.25, -0.2) is 0 Å². The van der Waals surface area contributed by atoms with Gasteiger partial charge in [-0.15, -0.1) is 0 Å². The van der Waals surface area contributed by atoms with Crippen LogP contribution in [0, 0.1) is 0 Å². The Morgan fingerprint density at radius 1 is 0.468 bits per heavy atom. The van der Waals surface area contributed by atoms with Gasteiger partial charge in [0.15, 0.2) is 0 Å². The Bertz CT molecular complexity index is 1720. The minimum absolute atomic E-state index is 0. The van der Waals surface area contributed by atoms with Crippen LogP contribution in [0.4, 0.5) is 0 Å². The molecule has 0 saturated carbocycles. The molecule has 8 rings (SSSR count). The van der Waals surface area contributed by atoms with Gasteiger partial charge in [-0.3, -0.25) is 0 Å². The van der Waals surface area contributed by atoms with E-state index in [1.165, 1.54) is 39.8 Å². The number of halogens is 2. The Morgan fingerprint density at radius 3 is 1.13 bits per heavy atom. The van der Waals surface area contributed by atoms with E-state index in [0.29, 0.717) is 3.63 Å². The summed E-state index contributed by atoms with van der Waals surface area (Å²) >= 11 is -1.79. The molecule has 0 unspecified atom stereocenters. The summed E-state index contributed by atoms with van der Waals surface area (Å²) in [6, 6.07) is 59.6. The van der Waals surface area contributed by atoms with Gasteiger partial charge in [-0.05, 0) is 22.3 Å². The van der Waals surface area contributed by atoms with Crippen molar-refractivity contribution in [2.45, 2.75) is 17.0 Å². The predicted molar refractivity (Wildman–Crippen MR) is 191 cm³/mol. The summed E-state index contributed by atoms with van der Waals surface area (Å²) in [7, 11) is 0. The molecule has 2 aliphatic rings. The summed E-state index contributed by atoms with van der Waals surface area (Å²) in [5, 5.41) is 0. The van der Waals surface area contributed by atoms with Crippen LogP contribution in [-0.2, 0) is 21.3 Å². The van der Waals surface area contributed by atoms with E-state index in [9.17, 15) is 0 Å². The molecular formula is C44H38Cl2Zr. The number of benzene rings is 6. The van der Waals surface area contributed by atoms with Gasteiger partial charge >= 0.3 is 134 Å². The quantitative estimate of drug-likeness (QED) is 0.217. The normalized spacial score (nSPS) is 12.1. The molecule has 232 valence electrons. The molecule has 0 bridgehead atoms. The molecule has 0 atom stereocenters. The van der Waals surface area contributed by atoms with E-state index in [4.69, 9.17) is 0 Å². The van der Waals surface area contributed by atoms with Gasteiger partial charge in [0.25, 0.3) is 0 Å². The molecule has 0 heterocycles. The molecule has 0 amide bonds. The Hall–Kier alpha value is -3.87. The zero-order valence-corrected chi connectivity index (χ0v) is 30.5. The third-order valence-corrected chi connectivity index (χ3v) is 15.7. The average Bonchev–Trinajstić information content (AvgIpc) is 3.79. The van der Waals surface area contributed by atoms with E-state index >= 15 is 0 Å². The van der Waals surface area contributed by atoms with Crippen LogP contribution in [0.1, 0.15) is 28.1 Å². The van der Waals surface area contributed by atoms with Crippen LogP contribution in [0.3, 0.4) is 0 Å². The van der Waals surface area contributed by atoms with Crippen LogP contribution in [-0.4, -0.2) is 3.71 Å². The van der Waals surface area contributed by atoms with Gasteiger partial charge in [0.1, 0.15) is 0 Å². The van der Waals surface area contributed by atoms with Crippen LogP contribution in [0.5, 0.6) is 0 Å². The van der Waals surface area contributed by atoms with Crippen LogP contribution < -0.4 is 24.8 Å². The van der Waals surface area contributed by atoms with Crippen molar-refractivity contribution in [1.82, 2.24) is 0 Å². The fourth-order valence-corrected chi connectivity index (χ4v) is 13.3. The number of hydrogen-bond donors (Lipinski definition) is 0. The minimum atomic E-state index is -1.79. The number of hydrogen-bond acceptors (Lipinski definition) is 0. The van der Waals surface area contributed by atoms with Gasteiger partial charge in [0, 0.05) is 0 Å². The maximum Gasteiger partial charge on any atom is -0.0184 e. The Morgan fingerprint density at radius 2 is 0.809 bits per heavy atom. The maximum atomic E-state index is 2.57. The SMILES string of the molecule is C/[CH]=[Zr+2](\[C]1=CC=CC1)[CH]1c2ccccc2-c2ccccc21.[Cl-].[Cl-].c1ccc(-c2ccccc2)cc1.c1ccc(-c2ccccc2)cc1. The Balaban J connectivity index is 0.000000167. The second-order valence-corrected chi connectivity index (χ2v) is 17.8. The zero-order chi connectivity index (χ0) is 30.7. The summed E-state index contributed by atoms with van der Waals surface area (Å²) in [5.74, 6) is 0. The van der Waals surface area contributed by atoms with Crippen molar-refractivity contribution in [3.8, 4) is 33.4 Å². The van der Waals surface area contributed by atoms with E-state index < -0.39 is 21.3 Å². The van der Waals surface area contributed by atoms with Crippen molar-refractivity contribution in [3.05, 3.63) is 202 Å². The topological polar surface area (TPSA) is 0 Å². The second-order valence-electron chi connectivity index (χ2n) is 11.1. The maximum absolute atomic E-state index is 2.57. The standard InChI is InChI=1S/C13H9.2C12H10.C5H5.C2H4.2ClH.Zr/c1-3-7-12-10(5-1)9-11-6-2-4-8-13(11)12;2*1-3-7-11(8-4-1)12-9-5-2-6-10-12;1-2-4-5-3-1;1-2;;;/h1-9H;2*1-10H;1-3H,4H2;1H,2H3;2*1H;/q;;;;;;;+2/p-2. The zero-order valence-electron chi connectivity index (χ0n) is 26.5. The average molecular weight is 729 g/mol. The summed E-state index contributed by atoms with van der Waals surface area (Å²) in [6.07, 6.45) is 8.12. The van der Waals surface area contributed by atoms with Crippen LogP contribution in [0.2, 0.25) is 0 Å². The first-order valence-electron chi connectivity index (χ1n) is 15.7. The fraction of sp³-hybridized carbons (Fsp3) is 0.0682. The first-order chi connectivity index (χ1) is 22.3. The van der Waals surface area contributed by atoms with Crippen molar-refractivity contribution in [1.29, 1.82) is 0 Å². The van der Waals surface area contributed by atoms with Crippen molar-refractivity contribution in [2.75, 3.05) is 0 Å². The van der Waals surface area contributed by atoms with Crippen LogP contribution in [0.15, 0.2) is 191 Å². The van der Waals surface area contributed by atoms with E-state index in [1.54, 1.807) is 14.4 Å². The number of fused-ring (bicyclic) bond motifs is 3. The molecular weight excluding hydrogens is 691 g/mol. The molecule has 6 aromatic rings. The summed E-state index contributed by atoms with van der Waals surface area (Å²) in [5.41, 5.74) is 11.2. The Kier molecular flexibility index (Phi) is 14.1. The third kappa shape index (κ3) is 8.94. The molecule has 0 spiro atoms. The van der Waals surface area contributed by atoms with Gasteiger partial charge in [0.2, 0.25) is 0 Å².